The minimum atomic E-state index is -3.64. The molecular formula is C13H19BrN2O3S. The van der Waals surface area contributed by atoms with Crippen LogP contribution in [0.15, 0.2) is 22.7 Å². The summed E-state index contributed by atoms with van der Waals surface area (Å²) >= 11 is 3.34. The van der Waals surface area contributed by atoms with Crippen LogP contribution in [0.2, 0.25) is 0 Å². The van der Waals surface area contributed by atoms with E-state index in [0.29, 0.717) is 23.1 Å². The maximum Gasteiger partial charge on any atom is 0.302 e. The largest absolute Gasteiger partial charge is 0.395 e. The van der Waals surface area contributed by atoms with Gasteiger partial charge < -0.3 is 5.11 Å². The predicted octanol–water partition coefficient (Wildman–Crippen LogP) is 2.26. The Bertz CT molecular complexity index is 577. The normalized spacial score (nSPS) is 20.9. The molecule has 1 aromatic rings. The first kappa shape index (κ1) is 15.8. The molecule has 7 heteroatoms. The number of aryl methyl sites for hydroxylation is 1. The number of hydrogen-bond acceptors (Lipinski definition) is 3. The smallest absolute Gasteiger partial charge is 0.302 e. The Morgan fingerprint density at radius 2 is 2.20 bits per heavy atom. The molecule has 1 saturated heterocycles. The van der Waals surface area contributed by atoms with E-state index in [1.165, 1.54) is 4.31 Å². The van der Waals surface area contributed by atoms with Crippen molar-refractivity contribution in [3.63, 3.8) is 0 Å². The van der Waals surface area contributed by atoms with Crippen LogP contribution in [0.1, 0.15) is 24.8 Å². The number of anilines is 1. The molecule has 0 spiro atoms. The van der Waals surface area contributed by atoms with Crippen molar-refractivity contribution >= 4 is 31.8 Å². The highest BCUT2D eigenvalue weighted by Gasteiger charge is 2.32. The van der Waals surface area contributed by atoms with E-state index in [9.17, 15) is 13.5 Å². The lowest BCUT2D eigenvalue weighted by Crippen LogP contribution is -2.47. The van der Waals surface area contributed by atoms with E-state index in [4.69, 9.17) is 0 Å². The van der Waals surface area contributed by atoms with Gasteiger partial charge in [0, 0.05) is 17.1 Å². The first-order chi connectivity index (χ1) is 9.44. The fraction of sp³-hybridized carbons (Fsp3) is 0.538. The molecule has 1 aliphatic heterocycles. The Hall–Kier alpha value is -0.630. The van der Waals surface area contributed by atoms with E-state index in [1.54, 1.807) is 6.07 Å². The first-order valence-electron chi connectivity index (χ1n) is 6.60. The van der Waals surface area contributed by atoms with E-state index in [-0.39, 0.29) is 12.6 Å². The molecule has 0 aromatic heterocycles. The standard InChI is InChI=1S/C13H19BrN2O3S/c1-10-5-6-12(14)13(8-10)15-20(18,19)16-7-3-2-4-11(16)9-17/h5-6,8,11,15,17H,2-4,7,9H2,1H3. The topological polar surface area (TPSA) is 69.6 Å². The van der Waals surface area contributed by atoms with Crippen LogP contribution in [0.5, 0.6) is 0 Å². The number of hydrogen-bond donors (Lipinski definition) is 2. The van der Waals surface area contributed by atoms with E-state index >= 15 is 0 Å². The van der Waals surface area contributed by atoms with E-state index < -0.39 is 10.2 Å². The second kappa shape index (κ2) is 6.43. The van der Waals surface area contributed by atoms with Crippen molar-refractivity contribution in [2.24, 2.45) is 0 Å². The highest BCUT2D eigenvalue weighted by atomic mass is 79.9. The van der Waals surface area contributed by atoms with Crippen molar-refractivity contribution in [3.8, 4) is 0 Å². The highest BCUT2D eigenvalue weighted by molar-refractivity contribution is 9.10. The highest BCUT2D eigenvalue weighted by Crippen LogP contribution is 2.27. The summed E-state index contributed by atoms with van der Waals surface area (Å²) < 4.78 is 29.6. The van der Waals surface area contributed by atoms with Gasteiger partial charge in [-0.1, -0.05) is 12.5 Å². The minimum Gasteiger partial charge on any atom is -0.395 e. The second-order valence-corrected chi connectivity index (χ2v) is 7.51. The van der Waals surface area contributed by atoms with Gasteiger partial charge in [-0.15, -0.1) is 0 Å². The number of piperidine rings is 1. The molecule has 1 aromatic carbocycles. The van der Waals surface area contributed by atoms with Crippen molar-refractivity contribution in [2.45, 2.75) is 32.2 Å². The summed E-state index contributed by atoms with van der Waals surface area (Å²) in [5, 5.41) is 9.35. The van der Waals surface area contributed by atoms with Crippen LogP contribution >= 0.6 is 15.9 Å². The third-order valence-electron chi connectivity index (χ3n) is 3.45. The van der Waals surface area contributed by atoms with Gasteiger partial charge in [0.1, 0.15) is 0 Å². The number of benzene rings is 1. The molecule has 1 heterocycles. The summed E-state index contributed by atoms with van der Waals surface area (Å²) in [6.45, 7) is 2.21. The van der Waals surface area contributed by atoms with Gasteiger partial charge in [0.2, 0.25) is 0 Å². The van der Waals surface area contributed by atoms with Gasteiger partial charge in [0.15, 0.2) is 0 Å². The monoisotopic (exact) mass is 362 g/mol. The van der Waals surface area contributed by atoms with Gasteiger partial charge in [0.05, 0.1) is 12.3 Å². The number of nitrogens with zero attached hydrogens (tertiary/aromatic N) is 1. The molecule has 1 aliphatic rings. The van der Waals surface area contributed by atoms with Crippen molar-refractivity contribution in [3.05, 3.63) is 28.2 Å². The zero-order valence-electron chi connectivity index (χ0n) is 11.3. The molecule has 20 heavy (non-hydrogen) atoms. The number of aliphatic hydroxyl groups is 1. The van der Waals surface area contributed by atoms with Gasteiger partial charge in [-0.3, -0.25) is 4.72 Å². The summed E-state index contributed by atoms with van der Waals surface area (Å²) in [7, 11) is -3.64. The summed E-state index contributed by atoms with van der Waals surface area (Å²) in [4.78, 5) is 0. The lowest BCUT2D eigenvalue weighted by Gasteiger charge is -2.33. The molecule has 2 rings (SSSR count). The molecule has 112 valence electrons. The average molecular weight is 363 g/mol. The molecule has 0 radical (unpaired) electrons. The number of rotatable bonds is 4. The van der Waals surface area contributed by atoms with Crippen molar-refractivity contribution in [1.82, 2.24) is 4.31 Å². The predicted molar refractivity (Wildman–Crippen MR) is 82.9 cm³/mol. The Balaban J connectivity index is 2.24. The molecule has 0 amide bonds. The summed E-state index contributed by atoms with van der Waals surface area (Å²) in [6, 6.07) is 5.16. The van der Waals surface area contributed by atoms with E-state index in [0.717, 1.165) is 18.4 Å². The van der Waals surface area contributed by atoms with Crippen molar-refractivity contribution < 1.29 is 13.5 Å². The second-order valence-electron chi connectivity index (χ2n) is 5.03. The summed E-state index contributed by atoms with van der Waals surface area (Å²) in [5.41, 5.74) is 1.50. The molecule has 0 bridgehead atoms. The molecule has 2 N–H and O–H groups in total. The van der Waals surface area contributed by atoms with Gasteiger partial charge in [-0.2, -0.15) is 12.7 Å². The fourth-order valence-electron chi connectivity index (χ4n) is 2.39. The lowest BCUT2D eigenvalue weighted by molar-refractivity contribution is 0.156. The van der Waals surface area contributed by atoms with Crippen LogP contribution in [0, 0.1) is 6.92 Å². The molecule has 1 unspecified atom stereocenters. The molecule has 0 saturated carbocycles. The number of nitrogens with one attached hydrogen (secondary N) is 1. The van der Waals surface area contributed by atoms with Gasteiger partial charge in [-0.05, 0) is 53.4 Å². The van der Waals surface area contributed by atoms with Gasteiger partial charge in [0.25, 0.3) is 0 Å². The van der Waals surface area contributed by atoms with Gasteiger partial charge >= 0.3 is 10.2 Å². The molecule has 5 nitrogen and oxygen atoms in total. The lowest BCUT2D eigenvalue weighted by atomic mass is 10.1. The Kier molecular flexibility index (Phi) is 5.06. The Morgan fingerprint density at radius 3 is 2.90 bits per heavy atom. The molecule has 1 fully saturated rings. The van der Waals surface area contributed by atoms with Crippen LogP contribution in [0.25, 0.3) is 0 Å². The minimum absolute atomic E-state index is 0.143. The summed E-state index contributed by atoms with van der Waals surface area (Å²) in [5.74, 6) is 0. The third kappa shape index (κ3) is 3.52. The summed E-state index contributed by atoms with van der Waals surface area (Å²) in [6.07, 6.45) is 2.48. The maximum atomic E-state index is 12.5. The quantitative estimate of drug-likeness (QED) is 0.862. The van der Waals surface area contributed by atoms with Crippen molar-refractivity contribution in [1.29, 1.82) is 0 Å². The fourth-order valence-corrected chi connectivity index (χ4v) is 4.36. The zero-order valence-corrected chi connectivity index (χ0v) is 13.7. The van der Waals surface area contributed by atoms with Crippen LogP contribution in [-0.2, 0) is 10.2 Å². The number of aliphatic hydroxyl groups excluding tert-OH is 1. The van der Waals surface area contributed by atoms with Crippen molar-refractivity contribution in [2.75, 3.05) is 17.9 Å². The van der Waals surface area contributed by atoms with Crippen LogP contribution in [0.4, 0.5) is 5.69 Å². The van der Waals surface area contributed by atoms with Crippen LogP contribution in [0.3, 0.4) is 0 Å². The third-order valence-corrected chi connectivity index (χ3v) is 5.72. The van der Waals surface area contributed by atoms with Gasteiger partial charge in [-0.25, -0.2) is 0 Å². The Morgan fingerprint density at radius 1 is 1.45 bits per heavy atom. The molecular weight excluding hydrogens is 344 g/mol. The SMILES string of the molecule is Cc1ccc(Br)c(NS(=O)(=O)N2CCCCC2CO)c1. The molecule has 0 aliphatic carbocycles. The maximum absolute atomic E-state index is 12.5. The van der Waals surface area contributed by atoms with E-state index in [1.807, 2.05) is 19.1 Å². The van der Waals surface area contributed by atoms with E-state index in [2.05, 4.69) is 20.7 Å². The number of halogens is 1. The molecule has 1 atom stereocenters. The van der Waals surface area contributed by atoms with Crippen LogP contribution in [-0.4, -0.2) is 37.0 Å². The Labute approximate surface area is 128 Å². The van der Waals surface area contributed by atoms with Crippen LogP contribution < -0.4 is 4.72 Å². The average Bonchev–Trinajstić information content (AvgIpc) is 2.42. The zero-order chi connectivity index (χ0) is 14.8. The first-order valence-corrected chi connectivity index (χ1v) is 8.84.